The second-order valence-corrected chi connectivity index (χ2v) is 9.69. The van der Waals surface area contributed by atoms with Crippen molar-refractivity contribution in [3.8, 4) is 11.1 Å². The maximum absolute atomic E-state index is 2.43. The molecule has 0 heterocycles. The van der Waals surface area contributed by atoms with Crippen molar-refractivity contribution in [3.05, 3.63) is 154 Å². The van der Waals surface area contributed by atoms with Crippen LogP contribution in [0.2, 0.25) is 0 Å². The molecule has 3 aliphatic rings. The highest BCUT2D eigenvalue weighted by molar-refractivity contribution is 5.99. The minimum atomic E-state index is -0.271. The van der Waals surface area contributed by atoms with Crippen LogP contribution in [-0.4, -0.2) is 0 Å². The summed E-state index contributed by atoms with van der Waals surface area (Å²) < 4.78 is 0. The van der Waals surface area contributed by atoms with Gasteiger partial charge in [-0.1, -0.05) is 115 Å². The summed E-state index contributed by atoms with van der Waals surface area (Å²) in [6.45, 7) is 2.16. The first kappa shape index (κ1) is 19.6. The Bertz CT molecular complexity index is 1490. The predicted octanol–water partition coefficient (Wildman–Crippen LogP) is 8.51. The van der Waals surface area contributed by atoms with Crippen LogP contribution in [-0.2, 0) is 5.41 Å². The van der Waals surface area contributed by atoms with Gasteiger partial charge in [-0.15, -0.1) is 0 Å². The van der Waals surface area contributed by atoms with Crippen LogP contribution >= 0.6 is 0 Å². The number of fused-ring (bicyclic) bond motifs is 8. The van der Waals surface area contributed by atoms with Crippen LogP contribution in [0.25, 0.3) is 22.8 Å². The Morgan fingerprint density at radius 3 is 1.97 bits per heavy atom. The maximum Gasteiger partial charge on any atom is 0.0688 e. The summed E-state index contributed by atoms with van der Waals surface area (Å²) in [7, 11) is 0. The first-order chi connectivity index (χ1) is 16.8. The van der Waals surface area contributed by atoms with Crippen molar-refractivity contribution in [1.82, 2.24) is 0 Å². The highest BCUT2D eigenvalue weighted by atomic mass is 14.5. The molecular formula is C34H26. The van der Waals surface area contributed by atoms with E-state index in [-0.39, 0.29) is 5.41 Å². The van der Waals surface area contributed by atoms with Crippen molar-refractivity contribution in [1.29, 1.82) is 0 Å². The van der Waals surface area contributed by atoms with Gasteiger partial charge in [0.05, 0.1) is 5.41 Å². The number of allylic oxidation sites excluding steroid dienone is 5. The van der Waals surface area contributed by atoms with Crippen molar-refractivity contribution >= 4 is 11.6 Å². The lowest BCUT2D eigenvalue weighted by Gasteiger charge is -2.38. The van der Waals surface area contributed by atoms with Gasteiger partial charge in [-0.2, -0.15) is 0 Å². The number of hydrogen-bond donors (Lipinski definition) is 0. The molecule has 4 aromatic rings. The zero-order chi connectivity index (χ0) is 22.7. The number of hydrogen-bond acceptors (Lipinski definition) is 0. The normalized spacial score (nSPS) is 16.9. The molecular weight excluding hydrogens is 408 g/mol. The van der Waals surface area contributed by atoms with Gasteiger partial charge in [-0.25, -0.2) is 0 Å². The van der Waals surface area contributed by atoms with Gasteiger partial charge in [-0.05, 0) is 81.5 Å². The molecule has 7 rings (SSSR count). The van der Waals surface area contributed by atoms with Crippen molar-refractivity contribution in [2.75, 3.05) is 0 Å². The highest BCUT2D eigenvalue weighted by Gasteiger charge is 2.49. The average molecular weight is 435 g/mol. The Morgan fingerprint density at radius 2 is 1.26 bits per heavy atom. The van der Waals surface area contributed by atoms with E-state index in [1.165, 1.54) is 61.2 Å². The van der Waals surface area contributed by atoms with Gasteiger partial charge in [0, 0.05) is 0 Å². The van der Waals surface area contributed by atoms with E-state index in [0.29, 0.717) is 0 Å². The zero-order valence-corrected chi connectivity index (χ0v) is 19.4. The molecule has 0 heteroatoms. The molecule has 3 aliphatic carbocycles. The van der Waals surface area contributed by atoms with Crippen LogP contribution in [0.4, 0.5) is 0 Å². The minimum absolute atomic E-state index is 0.271. The van der Waals surface area contributed by atoms with Gasteiger partial charge in [0.25, 0.3) is 0 Å². The molecule has 34 heavy (non-hydrogen) atoms. The molecule has 0 saturated carbocycles. The Kier molecular flexibility index (Phi) is 4.20. The number of rotatable bonds is 1. The SMILES string of the molecule is Cc1ccc(C2=Cc3ccccc3C3(C4=C2C=CCC4)c2ccccc2-c2ccccc23)cc1. The van der Waals surface area contributed by atoms with E-state index in [1.54, 1.807) is 0 Å². The first-order valence-corrected chi connectivity index (χ1v) is 12.3. The molecule has 0 nitrogen and oxygen atoms in total. The van der Waals surface area contributed by atoms with E-state index in [4.69, 9.17) is 0 Å². The molecule has 162 valence electrons. The quantitative estimate of drug-likeness (QED) is 0.282. The van der Waals surface area contributed by atoms with Gasteiger partial charge in [0.2, 0.25) is 0 Å². The van der Waals surface area contributed by atoms with Crippen LogP contribution < -0.4 is 0 Å². The first-order valence-electron chi connectivity index (χ1n) is 12.3. The van der Waals surface area contributed by atoms with Crippen molar-refractivity contribution in [2.45, 2.75) is 25.2 Å². The minimum Gasteiger partial charge on any atom is -0.0836 e. The van der Waals surface area contributed by atoms with Crippen LogP contribution in [0.1, 0.15) is 46.2 Å². The molecule has 0 aromatic heterocycles. The molecule has 1 spiro atoms. The Labute approximate surface area is 201 Å². The lowest BCUT2D eigenvalue weighted by molar-refractivity contribution is 0.688. The zero-order valence-electron chi connectivity index (χ0n) is 19.4. The summed E-state index contributed by atoms with van der Waals surface area (Å²) in [4.78, 5) is 0. The number of aryl methyl sites for hydroxylation is 1. The van der Waals surface area contributed by atoms with Gasteiger partial charge in [-0.3, -0.25) is 0 Å². The Hall–Kier alpha value is -3.90. The van der Waals surface area contributed by atoms with Crippen LogP contribution in [0, 0.1) is 6.92 Å². The van der Waals surface area contributed by atoms with E-state index >= 15 is 0 Å². The van der Waals surface area contributed by atoms with E-state index in [1.807, 2.05) is 0 Å². The van der Waals surface area contributed by atoms with Crippen molar-refractivity contribution < 1.29 is 0 Å². The maximum atomic E-state index is 2.43. The summed E-state index contributed by atoms with van der Waals surface area (Å²) in [5.74, 6) is 0. The van der Waals surface area contributed by atoms with Crippen LogP contribution in [0.15, 0.2) is 120 Å². The lowest BCUT2D eigenvalue weighted by atomic mass is 9.63. The molecule has 0 atom stereocenters. The third-order valence-electron chi connectivity index (χ3n) is 7.89. The van der Waals surface area contributed by atoms with Gasteiger partial charge >= 0.3 is 0 Å². The fourth-order valence-electron chi connectivity index (χ4n) is 6.49. The van der Waals surface area contributed by atoms with E-state index in [9.17, 15) is 0 Å². The smallest absolute Gasteiger partial charge is 0.0688 e. The van der Waals surface area contributed by atoms with Gasteiger partial charge in [0.1, 0.15) is 0 Å². The fourth-order valence-corrected chi connectivity index (χ4v) is 6.49. The van der Waals surface area contributed by atoms with Gasteiger partial charge < -0.3 is 0 Å². The van der Waals surface area contributed by atoms with E-state index in [0.717, 1.165) is 12.8 Å². The molecule has 0 fully saturated rings. The summed E-state index contributed by atoms with van der Waals surface area (Å²) in [5, 5.41) is 0. The molecule has 0 aliphatic heterocycles. The van der Waals surface area contributed by atoms with Crippen LogP contribution in [0.5, 0.6) is 0 Å². The number of benzene rings is 4. The standard InChI is InChI=1S/C34H26/c1-23-18-20-24(21-19-23)29-22-25-10-2-6-14-30(25)34(33-17-9-5-13-28(29)33)31-15-7-3-11-26(31)27-12-4-8-16-32(27)34/h2-8,10-16,18-22H,9,17H2,1H3. The Morgan fingerprint density at radius 1 is 0.647 bits per heavy atom. The molecule has 0 saturated heterocycles. The van der Waals surface area contributed by atoms with Crippen molar-refractivity contribution in [2.24, 2.45) is 0 Å². The molecule has 4 aromatic carbocycles. The average Bonchev–Trinajstić information content (AvgIpc) is 3.12. The fraction of sp³-hybridized carbons (Fsp3) is 0.118. The monoisotopic (exact) mass is 434 g/mol. The molecule has 0 unspecified atom stereocenters. The molecule has 0 N–H and O–H groups in total. The largest absolute Gasteiger partial charge is 0.0836 e. The van der Waals surface area contributed by atoms with Gasteiger partial charge in [0.15, 0.2) is 0 Å². The second kappa shape index (κ2) is 7.30. The molecule has 0 amide bonds. The highest BCUT2D eigenvalue weighted by Crippen LogP contribution is 2.60. The summed E-state index contributed by atoms with van der Waals surface area (Å²) in [6, 6.07) is 36.2. The van der Waals surface area contributed by atoms with Crippen LogP contribution in [0.3, 0.4) is 0 Å². The Balaban J connectivity index is 1.66. The summed E-state index contributed by atoms with van der Waals surface area (Å²) >= 11 is 0. The molecule has 0 bridgehead atoms. The summed E-state index contributed by atoms with van der Waals surface area (Å²) in [5.41, 5.74) is 14.9. The second-order valence-electron chi connectivity index (χ2n) is 9.69. The third-order valence-corrected chi connectivity index (χ3v) is 7.89. The third kappa shape index (κ3) is 2.54. The summed E-state index contributed by atoms with van der Waals surface area (Å²) in [6.07, 6.45) is 9.32. The lowest BCUT2D eigenvalue weighted by Crippen LogP contribution is -2.31. The predicted molar refractivity (Wildman–Crippen MR) is 143 cm³/mol. The van der Waals surface area contributed by atoms with E-state index < -0.39 is 0 Å². The molecule has 0 radical (unpaired) electrons. The topological polar surface area (TPSA) is 0 Å². The van der Waals surface area contributed by atoms with Crippen molar-refractivity contribution in [3.63, 3.8) is 0 Å². The van der Waals surface area contributed by atoms with E-state index in [2.05, 4.69) is 122 Å².